The number of hydrogen-bond acceptors (Lipinski definition) is 6. The summed E-state index contributed by atoms with van der Waals surface area (Å²) >= 11 is 0. The molecule has 38 heavy (non-hydrogen) atoms. The Kier molecular flexibility index (Phi) is 9.71. The molecule has 0 radical (unpaired) electrons. The van der Waals surface area contributed by atoms with E-state index in [1.54, 1.807) is 54.3 Å². The van der Waals surface area contributed by atoms with Crippen LogP contribution in [0, 0.1) is 5.92 Å². The molecule has 1 aliphatic rings. The third-order valence-corrected chi connectivity index (χ3v) is 6.49. The summed E-state index contributed by atoms with van der Waals surface area (Å²) in [5.74, 6) is -0.870. The molecule has 0 saturated heterocycles. The second-order valence-corrected chi connectivity index (χ2v) is 10.3. The highest BCUT2D eigenvalue weighted by atomic mass is 16.5. The van der Waals surface area contributed by atoms with Gasteiger partial charge < -0.3 is 30.5 Å². The summed E-state index contributed by atoms with van der Waals surface area (Å²) in [4.78, 5) is 40.6. The molecular weight excluding hydrogens is 488 g/mol. The Hall–Kier alpha value is -3.63. The Labute approximate surface area is 223 Å². The predicted octanol–water partition coefficient (Wildman–Crippen LogP) is 3.27. The van der Waals surface area contributed by atoms with Crippen molar-refractivity contribution in [3.63, 3.8) is 0 Å². The van der Waals surface area contributed by atoms with Gasteiger partial charge in [0, 0.05) is 37.3 Å². The fourth-order valence-electron chi connectivity index (χ4n) is 4.38. The van der Waals surface area contributed by atoms with Crippen LogP contribution in [0.1, 0.15) is 54.0 Å². The van der Waals surface area contributed by atoms with E-state index in [0.717, 1.165) is 5.56 Å². The molecule has 0 bridgehead atoms. The van der Waals surface area contributed by atoms with Crippen molar-refractivity contribution in [2.24, 2.45) is 5.92 Å². The van der Waals surface area contributed by atoms with E-state index in [0.29, 0.717) is 36.6 Å². The minimum Gasteiger partial charge on any atom is -0.488 e. The number of hydrogen-bond donors (Lipinski definition) is 4. The summed E-state index contributed by atoms with van der Waals surface area (Å²) in [6.45, 7) is 8.87. The fraction of sp³-hybridized carbons (Fsp3) is 0.464. The van der Waals surface area contributed by atoms with Gasteiger partial charge in [-0.05, 0) is 63.7 Å². The molecule has 3 atom stereocenters. The van der Waals surface area contributed by atoms with Crippen LogP contribution in [0.2, 0.25) is 0 Å². The SMILES string of the molecule is CC(C)NC(=O)Nc1ccc2c(c1)C(=O)N([C@H](C)CO)C[C@@H](C)[C@H](CN(C)Cc1ccc(C(=O)O)cc1)O2. The molecule has 1 heterocycles. The second kappa shape index (κ2) is 12.7. The van der Waals surface area contributed by atoms with E-state index in [2.05, 4.69) is 15.5 Å². The third kappa shape index (κ3) is 7.45. The van der Waals surface area contributed by atoms with Crippen molar-refractivity contribution in [1.29, 1.82) is 0 Å². The number of carbonyl (C=O) groups excluding carboxylic acids is 2. The maximum absolute atomic E-state index is 13.6. The van der Waals surface area contributed by atoms with Gasteiger partial charge in [-0.3, -0.25) is 9.69 Å². The van der Waals surface area contributed by atoms with Crippen molar-refractivity contribution < 1.29 is 29.3 Å². The number of aliphatic hydroxyl groups excluding tert-OH is 1. The van der Waals surface area contributed by atoms with E-state index in [1.165, 1.54) is 0 Å². The first kappa shape index (κ1) is 28.9. The number of carboxylic acid groups (broad SMARTS) is 1. The minimum atomic E-state index is -0.963. The summed E-state index contributed by atoms with van der Waals surface area (Å²) < 4.78 is 6.41. The monoisotopic (exact) mass is 526 g/mol. The number of benzene rings is 2. The Morgan fingerprint density at radius 2 is 1.84 bits per heavy atom. The standard InChI is InChI=1S/C28H38N4O6/c1-17(2)29-28(37)30-22-10-11-24-23(12-22)26(34)32(19(4)16-33)13-18(3)25(38-24)15-31(5)14-20-6-8-21(9-7-20)27(35)36/h6-12,17-19,25,33H,13-16H2,1-5H3,(H,35,36)(H2,29,30,37)/t18-,19-,25+/m1/s1. The summed E-state index contributed by atoms with van der Waals surface area (Å²) in [6, 6.07) is 10.9. The van der Waals surface area contributed by atoms with Crippen molar-refractivity contribution in [1.82, 2.24) is 15.1 Å². The highest BCUT2D eigenvalue weighted by Gasteiger charge is 2.33. The maximum Gasteiger partial charge on any atom is 0.335 e. The lowest BCUT2D eigenvalue weighted by Gasteiger charge is -2.38. The molecule has 0 aromatic heterocycles. The second-order valence-electron chi connectivity index (χ2n) is 10.3. The molecule has 3 amide bonds. The quantitative estimate of drug-likeness (QED) is 0.394. The van der Waals surface area contributed by atoms with E-state index < -0.39 is 12.0 Å². The number of aromatic carboxylic acids is 1. The largest absolute Gasteiger partial charge is 0.488 e. The van der Waals surface area contributed by atoms with Crippen molar-refractivity contribution in [3.05, 3.63) is 59.2 Å². The van der Waals surface area contributed by atoms with Crippen molar-refractivity contribution in [3.8, 4) is 5.75 Å². The number of nitrogens with one attached hydrogen (secondary N) is 2. The maximum atomic E-state index is 13.6. The lowest BCUT2D eigenvalue weighted by atomic mass is 9.99. The van der Waals surface area contributed by atoms with E-state index in [-0.39, 0.29) is 42.2 Å². The van der Waals surface area contributed by atoms with Crippen LogP contribution in [0.5, 0.6) is 5.75 Å². The molecule has 4 N–H and O–H groups in total. The van der Waals surface area contributed by atoms with Gasteiger partial charge in [0.05, 0.1) is 23.8 Å². The fourth-order valence-corrected chi connectivity index (χ4v) is 4.38. The molecule has 206 valence electrons. The molecule has 0 aliphatic carbocycles. The van der Waals surface area contributed by atoms with Gasteiger partial charge in [-0.1, -0.05) is 19.1 Å². The lowest BCUT2D eigenvalue weighted by Crippen LogP contribution is -2.49. The van der Waals surface area contributed by atoms with Gasteiger partial charge in [0.25, 0.3) is 5.91 Å². The zero-order chi connectivity index (χ0) is 28.0. The smallest absolute Gasteiger partial charge is 0.335 e. The molecule has 3 rings (SSSR count). The number of carboxylic acids is 1. The van der Waals surface area contributed by atoms with Crippen LogP contribution in [0.15, 0.2) is 42.5 Å². The number of rotatable bonds is 9. The van der Waals surface area contributed by atoms with E-state index in [4.69, 9.17) is 9.84 Å². The Morgan fingerprint density at radius 1 is 1.16 bits per heavy atom. The van der Waals surface area contributed by atoms with Crippen LogP contribution in [0.3, 0.4) is 0 Å². The Balaban J connectivity index is 1.84. The molecule has 0 spiro atoms. The number of nitrogens with zero attached hydrogens (tertiary/aromatic N) is 2. The summed E-state index contributed by atoms with van der Waals surface area (Å²) in [7, 11) is 1.96. The van der Waals surface area contributed by atoms with E-state index in [9.17, 15) is 19.5 Å². The number of urea groups is 1. The Morgan fingerprint density at radius 3 is 2.45 bits per heavy atom. The molecular formula is C28H38N4O6. The first-order valence-electron chi connectivity index (χ1n) is 12.8. The van der Waals surface area contributed by atoms with Crippen molar-refractivity contribution in [2.75, 3.05) is 32.1 Å². The average molecular weight is 527 g/mol. The summed E-state index contributed by atoms with van der Waals surface area (Å²) in [6.07, 6.45) is -0.276. The molecule has 10 heteroatoms. The normalized spacial score (nSPS) is 18.3. The van der Waals surface area contributed by atoms with Gasteiger partial charge in [0.2, 0.25) is 0 Å². The minimum absolute atomic E-state index is 0.0421. The zero-order valence-electron chi connectivity index (χ0n) is 22.6. The molecule has 1 aliphatic heterocycles. The topological polar surface area (TPSA) is 131 Å². The van der Waals surface area contributed by atoms with Gasteiger partial charge in [0.1, 0.15) is 11.9 Å². The highest BCUT2D eigenvalue weighted by molar-refractivity contribution is 5.99. The van der Waals surface area contributed by atoms with Gasteiger partial charge >= 0.3 is 12.0 Å². The van der Waals surface area contributed by atoms with Crippen LogP contribution < -0.4 is 15.4 Å². The van der Waals surface area contributed by atoms with E-state index >= 15 is 0 Å². The lowest BCUT2D eigenvalue weighted by molar-refractivity contribution is 0.0341. The summed E-state index contributed by atoms with van der Waals surface area (Å²) in [5.41, 5.74) is 1.99. The van der Waals surface area contributed by atoms with Gasteiger partial charge in [0.15, 0.2) is 0 Å². The number of carbonyl (C=O) groups is 3. The van der Waals surface area contributed by atoms with Gasteiger partial charge in [-0.2, -0.15) is 0 Å². The van der Waals surface area contributed by atoms with E-state index in [1.807, 2.05) is 27.8 Å². The number of ether oxygens (including phenoxy) is 1. The van der Waals surface area contributed by atoms with Gasteiger partial charge in [-0.15, -0.1) is 0 Å². The molecule has 0 saturated carbocycles. The van der Waals surface area contributed by atoms with Crippen LogP contribution in [-0.4, -0.2) is 82.9 Å². The van der Waals surface area contributed by atoms with Crippen LogP contribution in [-0.2, 0) is 6.54 Å². The highest BCUT2D eigenvalue weighted by Crippen LogP contribution is 2.30. The predicted molar refractivity (Wildman–Crippen MR) is 145 cm³/mol. The third-order valence-electron chi connectivity index (χ3n) is 6.49. The zero-order valence-corrected chi connectivity index (χ0v) is 22.6. The Bertz CT molecular complexity index is 1140. The number of anilines is 1. The molecule has 0 unspecified atom stereocenters. The first-order valence-corrected chi connectivity index (χ1v) is 12.8. The van der Waals surface area contributed by atoms with Crippen LogP contribution in [0.4, 0.5) is 10.5 Å². The van der Waals surface area contributed by atoms with Crippen molar-refractivity contribution >= 4 is 23.6 Å². The number of fused-ring (bicyclic) bond motifs is 1. The first-order chi connectivity index (χ1) is 18.0. The molecule has 2 aromatic rings. The number of amides is 3. The molecule has 10 nitrogen and oxygen atoms in total. The number of likely N-dealkylation sites (N-methyl/N-ethyl adjacent to an activating group) is 1. The number of aliphatic hydroxyl groups is 1. The van der Waals surface area contributed by atoms with Gasteiger partial charge in [-0.25, -0.2) is 9.59 Å². The summed E-state index contributed by atoms with van der Waals surface area (Å²) in [5, 5.41) is 24.5. The average Bonchev–Trinajstić information content (AvgIpc) is 2.85. The van der Waals surface area contributed by atoms with Crippen molar-refractivity contribution in [2.45, 2.75) is 52.4 Å². The molecule has 2 aromatic carbocycles. The van der Waals surface area contributed by atoms with Crippen LogP contribution >= 0.6 is 0 Å². The van der Waals surface area contributed by atoms with Crippen LogP contribution in [0.25, 0.3) is 0 Å². The molecule has 0 fully saturated rings.